The van der Waals surface area contributed by atoms with Crippen LogP contribution in [0.4, 0.5) is 4.39 Å². The highest BCUT2D eigenvalue weighted by Gasteiger charge is 2.77. The number of carbonyl (C=O) groups excluding carboxylic acids is 5. The van der Waals surface area contributed by atoms with Crippen molar-refractivity contribution in [2.45, 2.75) is 90.0 Å². The second-order valence-electron chi connectivity index (χ2n) is 13.0. The monoisotopic (exact) mass is 636 g/mol. The smallest absolute Gasteiger partial charge is 0.325 e. The molecule has 2 N–H and O–H groups in total. The summed E-state index contributed by atoms with van der Waals surface area (Å²) in [7, 11) is 0. The number of amides is 1. The third-order valence-corrected chi connectivity index (χ3v) is 10.7. The molecule has 0 heterocycles. The summed E-state index contributed by atoms with van der Waals surface area (Å²) in [6.07, 6.45) is 3.41. The van der Waals surface area contributed by atoms with Gasteiger partial charge in [0, 0.05) is 41.9 Å². The summed E-state index contributed by atoms with van der Waals surface area (Å²) in [6, 6.07) is 0. The zero-order valence-corrected chi connectivity index (χ0v) is 26.0. The maximum Gasteiger partial charge on any atom is 0.325 e. The standard InChI is InChI=1S/C31H41FN2O11/c1-5-26(39)45-31(24(37)17-43-27(40)16-33-25(38)7-6-12-44-34(41)42)18(2)13-22-21-9-8-19-14-20(35)10-11-28(19,3)30(21,32)23(36)15-29(22,31)4/h8,10-11,18,21-23,36H,5-7,9,12-17H2,1-4H3,(H,33,38)/t18-,21-,22-,23-,28-,29-,30-,31-/m0/s1. The van der Waals surface area contributed by atoms with Crippen LogP contribution in [-0.4, -0.2) is 76.7 Å². The summed E-state index contributed by atoms with van der Waals surface area (Å²) in [5.41, 5.74) is -5.83. The van der Waals surface area contributed by atoms with Gasteiger partial charge in [-0.15, -0.1) is 10.1 Å². The van der Waals surface area contributed by atoms with Crippen molar-refractivity contribution in [3.8, 4) is 0 Å². The average Bonchev–Trinajstić information content (AvgIpc) is 3.20. The Kier molecular flexibility index (Phi) is 9.58. The lowest BCUT2D eigenvalue weighted by atomic mass is 9.45. The molecular formula is C31H41FN2O11. The Labute approximate surface area is 260 Å². The first-order valence-electron chi connectivity index (χ1n) is 15.3. The molecule has 2 saturated carbocycles. The van der Waals surface area contributed by atoms with Gasteiger partial charge in [0.2, 0.25) is 11.7 Å². The molecule has 4 rings (SSSR count). The molecule has 0 aromatic heterocycles. The Morgan fingerprint density at radius 2 is 1.91 bits per heavy atom. The number of rotatable bonds is 12. The first kappa shape index (κ1) is 34.2. The minimum Gasteiger partial charge on any atom is -0.456 e. The molecule has 1 amide bonds. The number of ketones is 2. The third-order valence-electron chi connectivity index (χ3n) is 10.7. The zero-order valence-electron chi connectivity index (χ0n) is 26.0. The predicted molar refractivity (Wildman–Crippen MR) is 153 cm³/mol. The summed E-state index contributed by atoms with van der Waals surface area (Å²) in [6.45, 7) is 5.05. The zero-order chi connectivity index (χ0) is 33.4. The second kappa shape index (κ2) is 12.6. The Hall–Kier alpha value is -3.68. The van der Waals surface area contributed by atoms with Crippen LogP contribution in [-0.2, 0) is 38.3 Å². The van der Waals surface area contributed by atoms with Gasteiger partial charge in [-0.1, -0.05) is 38.5 Å². The van der Waals surface area contributed by atoms with Crippen LogP contribution in [0.25, 0.3) is 0 Å². The number of Topliss-reactive ketones (excluding diaryl/α,β-unsaturated/α-hetero) is 1. The number of aliphatic hydroxyl groups is 1. The highest BCUT2D eigenvalue weighted by atomic mass is 19.1. The molecule has 0 unspecified atom stereocenters. The van der Waals surface area contributed by atoms with Gasteiger partial charge in [0.15, 0.2) is 23.7 Å². The molecule has 13 nitrogen and oxygen atoms in total. The van der Waals surface area contributed by atoms with E-state index in [4.69, 9.17) is 9.47 Å². The summed E-state index contributed by atoms with van der Waals surface area (Å²) in [5, 5.41) is 23.2. The number of carbonyl (C=O) groups is 5. The SMILES string of the molecule is CCC(=O)O[C@]1(C(=O)COC(=O)CNC(=O)CCCO[N+](=O)[O-])[C@@H](C)C[C@H]2[C@@H]3CC=C4CC(=O)C=C[C@]4(C)[C@@]3(F)[C@@H](O)C[C@@]21C. The van der Waals surface area contributed by atoms with E-state index in [1.54, 1.807) is 27.7 Å². The number of esters is 2. The number of halogens is 1. The third kappa shape index (κ3) is 5.66. The number of alkyl halides is 1. The number of fused-ring (bicyclic) bond motifs is 5. The van der Waals surface area contributed by atoms with Crippen molar-refractivity contribution in [2.75, 3.05) is 19.8 Å². The van der Waals surface area contributed by atoms with Gasteiger partial charge >= 0.3 is 11.9 Å². The largest absolute Gasteiger partial charge is 0.456 e. The van der Waals surface area contributed by atoms with E-state index in [0.717, 1.165) is 0 Å². The molecule has 0 aliphatic heterocycles. The number of hydrogen-bond donors (Lipinski definition) is 2. The summed E-state index contributed by atoms with van der Waals surface area (Å²) in [4.78, 5) is 77.8. The lowest BCUT2D eigenvalue weighted by Crippen LogP contribution is -2.69. The van der Waals surface area contributed by atoms with Gasteiger partial charge < -0.3 is 24.7 Å². The summed E-state index contributed by atoms with van der Waals surface area (Å²) < 4.78 is 28.7. The molecule has 14 heteroatoms. The van der Waals surface area contributed by atoms with E-state index in [9.17, 15) is 39.2 Å². The molecule has 0 aromatic rings. The number of allylic oxidation sites excluding steroid dienone is 4. The molecule has 248 valence electrons. The molecule has 45 heavy (non-hydrogen) atoms. The predicted octanol–water partition coefficient (Wildman–Crippen LogP) is 2.51. The fourth-order valence-corrected chi connectivity index (χ4v) is 8.49. The quantitative estimate of drug-likeness (QED) is 0.105. The van der Waals surface area contributed by atoms with Gasteiger partial charge in [0.05, 0.1) is 12.7 Å². The van der Waals surface area contributed by atoms with Gasteiger partial charge in [-0.25, -0.2) is 4.39 Å². The molecular weight excluding hydrogens is 595 g/mol. The van der Waals surface area contributed by atoms with Crippen molar-refractivity contribution < 1.29 is 52.9 Å². The maximum absolute atomic E-state index is 17.5. The van der Waals surface area contributed by atoms with Crippen molar-refractivity contribution in [3.63, 3.8) is 0 Å². The van der Waals surface area contributed by atoms with E-state index in [1.807, 2.05) is 6.08 Å². The fourth-order valence-electron chi connectivity index (χ4n) is 8.49. The van der Waals surface area contributed by atoms with E-state index >= 15 is 4.39 Å². The summed E-state index contributed by atoms with van der Waals surface area (Å²) >= 11 is 0. The number of ether oxygens (including phenoxy) is 2. The molecule has 0 bridgehead atoms. The van der Waals surface area contributed by atoms with Crippen LogP contribution >= 0.6 is 0 Å². The van der Waals surface area contributed by atoms with Gasteiger partial charge in [-0.05, 0) is 44.6 Å². The highest BCUT2D eigenvalue weighted by Crippen LogP contribution is 2.71. The Morgan fingerprint density at radius 3 is 2.58 bits per heavy atom. The van der Waals surface area contributed by atoms with Gasteiger partial charge in [0.1, 0.15) is 6.54 Å². The van der Waals surface area contributed by atoms with E-state index < -0.39 is 87.8 Å². The summed E-state index contributed by atoms with van der Waals surface area (Å²) in [5.74, 6) is -4.93. The number of hydrogen-bond acceptors (Lipinski definition) is 11. The lowest BCUT2D eigenvalue weighted by molar-refractivity contribution is -0.757. The Morgan fingerprint density at radius 1 is 1.20 bits per heavy atom. The first-order chi connectivity index (χ1) is 21.1. The van der Waals surface area contributed by atoms with Crippen molar-refractivity contribution in [2.24, 2.45) is 28.6 Å². The second-order valence-corrected chi connectivity index (χ2v) is 13.0. The molecule has 0 radical (unpaired) electrons. The molecule has 0 spiro atoms. The molecule has 2 fully saturated rings. The number of aliphatic hydroxyl groups excluding tert-OH is 1. The van der Waals surface area contributed by atoms with Crippen LogP contribution in [0.1, 0.15) is 72.6 Å². The number of nitrogens with one attached hydrogen (secondary N) is 1. The molecule has 4 aliphatic carbocycles. The molecule has 0 aromatic carbocycles. The van der Waals surface area contributed by atoms with E-state index in [-0.39, 0.29) is 50.9 Å². The van der Waals surface area contributed by atoms with Crippen molar-refractivity contribution in [1.29, 1.82) is 0 Å². The van der Waals surface area contributed by atoms with Crippen LogP contribution in [0.3, 0.4) is 0 Å². The van der Waals surface area contributed by atoms with Gasteiger partial charge in [-0.2, -0.15) is 0 Å². The molecule has 8 atom stereocenters. The van der Waals surface area contributed by atoms with Crippen LogP contribution in [0.5, 0.6) is 0 Å². The van der Waals surface area contributed by atoms with E-state index in [0.29, 0.717) is 12.0 Å². The van der Waals surface area contributed by atoms with Crippen molar-refractivity contribution >= 4 is 29.4 Å². The highest BCUT2D eigenvalue weighted by molar-refractivity contribution is 5.95. The first-order valence-corrected chi connectivity index (χ1v) is 15.3. The van der Waals surface area contributed by atoms with Crippen LogP contribution in [0.2, 0.25) is 0 Å². The normalized spacial score (nSPS) is 36.5. The van der Waals surface area contributed by atoms with Crippen molar-refractivity contribution in [1.82, 2.24) is 5.32 Å². The Balaban J connectivity index is 1.54. The van der Waals surface area contributed by atoms with E-state index in [1.165, 1.54) is 12.2 Å². The minimum absolute atomic E-state index is 0.0426. The maximum atomic E-state index is 17.5. The average molecular weight is 637 g/mol. The van der Waals surface area contributed by atoms with Crippen molar-refractivity contribution in [3.05, 3.63) is 33.9 Å². The molecule has 0 saturated heterocycles. The number of nitrogens with zero attached hydrogens (tertiary/aromatic N) is 1. The topological polar surface area (TPSA) is 188 Å². The van der Waals surface area contributed by atoms with Gasteiger partial charge in [-0.3, -0.25) is 24.0 Å². The van der Waals surface area contributed by atoms with Gasteiger partial charge in [0.25, 0.3) is 5.09 Å². The minimum atomic E-state index is -2.15. The fraction of sp³-hybridized carbons (Fsp3) is 0.710. The lowest BCUT2D eigenvalue weighted by Gasteiger charge is -2.62. The Bertz CT molecular complexity index is 1330. The van der Waals surface area contributed by atoms with Crippen LogP contribution in [0.15, 0.2) is 23.8 Å². The van der Waals surface area contributed by atoms with E-state index in [2.05, 4.69) is 10.2 Å². The van der Waals surface area contributed by atoms with Crippen LogP contribution < -0.4 is 5.32 Å². The molecule has 4 aliphatic rings. The van der Waals surface area contributed by atoms with Crippen LogP contribution in [0, 0.1) is 38.7 Å².